The summed E-state index contributed by atoms with van der Waals surface area (Å²) in [5, 5.41) is 12.1. The van der Waals surface area contributed by atoms with E-state index in [1.807, 2.05) is 6.07 Å². The zero-order chi connectivity index (χ0) is 17.8. The Labute approximate surface area is 146 Å². The number of nitrogens with one attached hydrogen (secondary N) is 1. The van der Waals surface area contributed by atoms with Crippen LogP contribution in [0.4, 0.5) is 5.13 Å². The molecule has 0 aliphatic carbocycles. The maximum atomic E-state index is 12.4. The van der Waals surface area contributed by atoms with Crippen LogP contribution in [0.2, 0.25) is 0 Å². The number of esters is 1. The number of benzene rings is 1. The van der Waals surface area contributed by atoms with E-state index >= 15 is 0 Å². The number of rotatable bonds is 4. The minimum atomic E-state index is -0.532. The third-order valence-electron chi connectivity index (χ3n) is 3.25. The first kappa shape index (κ1) is 16.4. The van der Waals surface area contributed by atoms with E-state index in [-0.39, 0.29) is 16.3 Å². The quantitative estimate of drug-likeness (QED) is 0.721. The summed E-state index contributed by atoms with van der Waals surface area (Å²) in [6, 6.07) is 11.5. The fourth-order valence-electron chi connectivity index (χ4n) is 2.10. The highest BCUT2D eigenvalue weighted by Gasteiger charge is 2.17. The second kappa shape index (κ2) is 6.98. The molecule has 0 bridgehead atoms. The zero-order valence-electron chi connectivity index (χ0n) is 13.0. The number of thiazole rings is 1. The molecule has 0 saturated carbocycles. The SMILES string of the molecule is COC(=O)c1cccc(C(=O)Nc2nc(-c3ccco3)c(C#N)s2)c1. The van der Waals surface area contributed by atoms with Gasteiger partial charge in [0.25, 0.3) is 5.91 Å². The highest BCUT2D eigenvalue weighted by Crippen LogP contribution is 2.31. The molecule has 7 nitrogen and oxygen atoms in total. The van der Waals surface area contributed by atoms with E-state index in [0.717, 1.165) is 11.3 Å². The molecule has 0 aliphatic rings. The molecule has 1 aromatic carbocycles. The Morgan fingerprint density at radius 2 is 2.08 bits per heavy atom. The van der Waals surface area contributed by atoms with Gasteiger partial charge < -0.3 is 9.15 Å². The minimum absolute atomic E-state index is 0.261. The van der Waals surface area contributed by atoms with Crippen molar-refractivity contribution < 1.29 is 18.7 Å². The van der Waals surface area contributed by atoms with Gasteiger partial charge in [-0.25, -0.2) is 9.78 Å². The zero-order valence-corrected chi connectivity index (χ0v) is 13.8. The van der Waals surface area contributed by atoms with Crippen molar-refractivity contribution in [3.63, 3.8) is 0 Å². The van der Waals surface area contributed by atoms with Crippen LogP contribution in [0.1, 0.15) is 25.6 Å². The molecular weight excluding hydrogens is 342 g/mol. The number of aromatic nitrogens is 1. The summed E-state index contributed by atoms with van der Waals surface area (Å²) in [6.45, 7) is 0. The minimum Gasteiger partial charge on any atom is -0.465 e. The van der Waals surface area contributed by atoms with Crippen LogP contribution >= 0.6 is 11.3 Å². The maximum Gasteiger partial charge on any atom is 0.337 e. The van der Waals surface area contributed by atoms with Gasteiger partial charge in [-0.05, 0) is 30.3 Å². The number of nitriles is 1. The number of carbonyl (C=O) groups is 2. The van der Waals surface area contributed by atoms with Crippen molar-refractivity contribution in [1.29, 1.82) is 5.26 Å². The van der Waals surface area contributed by atoms with Crippen molar-refractivity contribution in [2.75, 3.05) is 12.4 Å². The molecule has 1 N–H and O–H groups in total. The van der Waals surface area contributed by atoms with E-state index in [2.05, 4.69) is 15.0 Å². The standard InChI is InChI=1S/C17H11N3O4S/c1-23-16(22)11-5-2-4-10(8-11)15(21)20-17-19-14(13(9-18)25-17)12-6-3-7-24-12/h2-8H,1H3,(H,19,20,21). The summed E-state index contributed by atoms with van der Waals surface area (Å²) in [6.07, 6.45) is 1.48. The fraction of sp³-hybridized carbons (Fsp3) is 0.0588. The fourth-order valence-corrected chi connectivity index (χ4v) is 2.87. The van der Waals surface area contributed by atoms with Crippen LogP contribution in [-0.4, -0.2) is 24.0 Å². The number of hydrogen-bond donors (Lipinski definition) is 1. The molecule has 25 heavy (non-hydrogen) atoms. The molecule has 0 fully saturated rings. The Balaban J connectivity index is 1.85. The molecule has 0 spiro atoms. The van der Waals surface area contributed by atoms with Crippen molar-refractivity contribution in [2.45, 2.75) is 0 Å². The number of amides is 1. The lowest BCUT2D eigenvalue weighted by Gasteiger charge is -2.04. The summed E-state index contributed by atoms with van der Waals surface area (Å²) < 4.78 is 9.89. The van der Waals surface area contributed by atoms with Crippen LogP contribution < -0.4 is 5.32 Å². The second-order valence-electron chi connectivity index (χ2n) is 4.81. The number of furan rings is 1. The molecule has 0 saturated heterocycles. The van der Waals surface area contributed by atoms with Gasteiger partial charge in [-0.15, -0.1) is 0 Å². The normalized spacial score (nSPS) is 10.1. The second-order valence-corrected chi connectivity index (χ2v) is 5.81. The van der Waals surface area contributed by atoms with E-state index in [1.54, 1.807) is 30.3 Å². The van der Waals surface area contributed by atoms with Gasteiger partial charge in [0.2, 0.25) is 0 Å². The molecule has 0 aliphatic heterocycles. The maximum absolute atomic E-state index is 12.4. The molecule has 3 rings (SSSR count). The van der Waals surface area contributed by atoms with E-state index in [4.69, 9.17) is 4.42 Å². The third-order valence-corrected chi connectivity index (χ3v) is 4.13. The average Bonchev–Trinajstić information content (AvgIpc) is 3.30. The first-order valence-electron chi connectivity index (χ1n) is 7.07. The predicted octanol–water partition coefficient (Wildman–Crippen LogP) is 3.31. The molecule has 1 amide bonds. The van der Waals surface area contributed by atoms with Crippen molar-refractivity contribution in [3.05, 3.63) is 58.7 Å². The molecule has 0 unspecified atom stereocenters. The number of ether oxygens (including phenoxy) is 1. The lowest BCUT2D eigenvalue weighted by molar-refractivity contribution is 0.0600. The van der Waals surface area contributed by atoms with Gasteiger partial charge in [-0.3, -0.25) is 10.1 Å². The lowest BCUT2D eigenvalue weighted by atomic mass is 10.1. The number of carbonyl (C=O) groups excluding carboxylic acids is 2. The summed E-state index contributed by atoms with van der Waals surface area (Å²) >= 11 is 1.04. The number of nitrogens with zero attached hydrogens (tertiary/aromatic N) is 2. The van der Waals surface area contributed by atoms with E-state index in [9.17, 15) is 14.9 Å². The van der Waals surface area contributed by atoms with Crippen molar-refractivity contribution >= 4 is 28.3 Å². The molecular formula is C17H11N3O4S. The van der Waals surface area contributed by atoms with Crippen LogP contribution in [0.5, 0.6) is 0 Å². The number of hydrogen-bond acceptors (Lipinski definition) is 7. The molecule has 2 heterocycles. The smallest absolute Gasteiger partial charge is 0.337 e. The molecule has 0 atom stereocenters. The lowest BCUT2D eigenvalue weighted by Crippen LogP contribution is -2.13. The Hall–Kier alpha value is -3.44. The first-order valence-corrected chi connectivity index (χ1v) is 7.88. The average molecular weight is 353 g/mol. The molecule has 8 heteroatoms. The van der Waals surface area contributed by atoms with E-state index < -0.39 is 11.9 Å². The van der Waals surface area contributed by atoms with E-state index in [1.165, 1.54) is 19.4 Å². The van der Waals surface area contributed by atoms with Crippen molar-refractivity contribution in [3.8, 4) is 17.5 Å². The van der Waals surface area contributed by atoms with Gasteiger partial charge in [0.15, 0.2) is 10.9 Å². The van der Waals surface area contributed by atoms with Crippen LogP contribution in [0.3, 0.4) is 0 Å². The van der Waals surface area contributed by atoms with Gasteiger partial charge in [0.1, 0.15) is 16.6 Å². The highest BCUT2D eigenvalue weighted by atomic mass is 32.1. The predicted molar refractivity (Wildman–Crippen MR) is 90.3 cm³/mol. The Morgan fingerprint density at radius 3 is 2.76 bits per heavy atom. The largest absolute Gasteiger partial charge is 0.465 e. The molecule has 124 valence electrons. The van der Waals surface area contributed by atoms with Gasteiger partial charge in [-0.2, -0.15) is 5.26 Å². The van der Waals surface area contributed by atoms with Crippen LogP contribution in [0, 0.1) is 11.3 Å². The summed E-state index contributed by atoms with van der Waals surface area (Å²) in [7, 11) is 1.27. The number of methoxy groups -OCH3 is 1. The van der Waals surface area contributed by atoms with Crippen molar-refractivity contribution in [1.82, 2.24) is 4.98 Å². The van der Waals surface area contributed by atoms with Crippen LogP contribution in [0.25, 0.3) is 11.5 Å². The number of anilines is 1. The molecule has 0 radical (unpaired) electrons. The van der Waals surface area contributed by atoms with Gasteiger partial charge in [-0.1, -0.05) is 17.4 Å². The summed E-state index contributed by atoms with van der Waals surface area (Å²) in [5.74, 6) is -0.535. The van der Waals surface area contributed by atoms with Gasteiger partial charge >= 0.3 is 5.97 Å². The molecule has 3 aromatic rings. The molecule has 2 aromatic heterocycles. The third kappa shape index (κ3) is 3.41. The van der Waals surface area contributed by atoms with E-state index in [0.29, 0.717) is 16.3 Å². The highest BCUT2D eigenvalue weighted by molar-refractivity contribution is 7.16. The monoisotopic (exact) mass is 353 g/mol. The van der Waals surface area contributed by atoms with Gasteiger partial charge in [0.05, 0.1) is 18.9 Å². The summed E-state index contributed by atoms with van der Waals surface area (Å²) in [4.78, 5) is 28.5. The topological polar surface area (TPSA) is 105 Å². The van der Waals surface area contributed by atoms with Crippen LogP contribution in [-0.2, 0) is 4.74 Å². The van der Waals surface area contributed by atoms with Crippen LogP contribution in [0.15, 0.2) is 47.1 Å². The first-order chi connectivity index (χ1) is 12.1. The Kier molecular flexibility index (Phi) is 4.59. The van der Waals surface area contributed by atoms with Gasteiger partial charge in [0, 0.05) is 5.56 Å². The Bertz CT molecular complexity index is 970. The Morgan fingerprint density at radius 1 is 1.28 bits per heavy atom. The van der Waals surface area contributed by atoms with Crippen molar-refractivity contribution in [2.24, 2.45) is 0 Å². The summed E-state index contributed by atoms with van der Waals surface area (Å²) in [5.41, 5.74) is 0.913.